The Labute approximate surface area is 165 Å². The molecule has 0 spiro atoms. The molecule has 1 atom stereocenters. The first kappa shape index (κ1) is 21.6. The van der Waals surface area contributed by atoms with E-state index in [0.717, 1.165) is 0 Å². The van der Waals surface area contributed by atoms with Crippen molar-refractivity contribution in [1.82, 2.24) is 4.72 Å². The predicted molar refractivity (Wildman–Crippen MR) is 107 cm³/mol. The molecule has 150 valence electrons. The fraction of sp³-hybridized carbons (Fsp3) is 0.300. The number of nitrogens with zero attached hydrogens (tertiary/aromatic N) is 1. The van der Waals surface area contributed by atoms with Gasteiger partial charge in [-0.15, -0.1) is 0 Å². The van der Waals surface area contributed by atoms with E-state index in [9.17, 15) is 18.0 Å². The van der Waals surface area contributed by atoms with Gasteiger partial charge in [-0.05, 0) is 57.2 Å². The third kappa shape index (κ3) is 5.40. The van der Waals surface area contributed by atoms with Crippen LogP contribution in [-0.4, -0.2) is 39.5 Å². The van der Waals surface area contributed by atoms with Crippen LogP contribution in [-0.2, 0) is 19.6 Å². The number of sulfonamides is 1. The molecule has 0 heterocycles. The van der Waals surface area contributed by atoms with Gasteiger partial charge in [0.1, 0.15) is 0 Å². The number of carbonyl (C=O) groups is 2. The Morgan fingerprint density at radius 3 is 2.07 bits per heavy atom. The molecular weight excluding hydrogens is 380 g/mol. The number of likely N-dealkylation sites (N-methyl/N-ethyl adjacent to an activating group) is 1. The molecule has 0 aromatic heterocycles. The molecule has 7 nitrogen and oxygen atoms in total. The quantitative estimate of drug-likeness (QED) is 0.716. The van der Waals surface area contributed by atoms with Gasteiger partial charge in [-0.1, -0.05) is 18.2 Å². The summed E-state index contributed by atoms with van der Waals surface area (Å²) in [5.74, 6) is -1.08. The van der Waals surface area contributed by atoms with Gasteiger partial charge in [-0.2, -0.15) is 0 Å². The van der Waals surface area contributed by atoms with Gasteiger partial charge in [0.15, 0.2) is 6.10 Å². The summed E-state index contributed by atoms with van der Waals surface area (Å²) in [6.07, 6.45) is -0.997. The molecule has 0 aliphatic carbocycles. The highest BCUT2D eigenvalue weighted by Crippen LogP contribution is 2.15. The molecule has 0 radical (unpaired) electrons. The Hall–Kier alpha value is -2.71. The molecule has 0 bridgehead atoms. The van der Waals surface area contributed by atoms with Crippen molar-refractivity contribution in [1.29, 1.82) is 0 Å². The topological polar surface area (TPSA) is 92.8 Å². The highest BCUT2D eigenvalue weighted by Gasteiger charge is 2.23. The standard InChI is InChI=1S/C20H24N2O5S/c1-14(2)21-28(25,26)18-12-10-16(11-13-18)20(24)27-15(3)19(23)22(4)17-8-6-5-7-9-17/h5-15,21H,1-4H3. The van der Waals surface area contributed by atoms with Crippen molar-refractivity contribution in [3.63, 3.8) is 0 Å². The number of nitrogens with one attached hydrogen (secondary N) is 1. The van der Waals surface area contributed by atoms with Crippen LogP contribution in [0.3, 0.4) is 0 Å². The van der Waals surface area contributed by atoms with Crippen molar-refractivity contribution in [3.05, 3.63) is 60.2 Å². The van der Waals surface area contributed by atoms with Crippen molar-refractivity contribution in [3.8, 4) is 0 Å². The molecule has 0 fully saturated rings. The summed E-state index contributed by atoms with van der Waals surface area (Å²) >= 11 is 0. The van der Waals surface area contributed by atoms with E-state index in [-0.39, 0.29) is 22.4 Å². The van der Waals surface area contributed by atoms with Crippen LogP contribution in [0.5, 0.6) is 0 Å². The molecule has 1 amide bonds. The summed E-state index contributed by atoms with van der Waals surface area (Å²) in [6.45, 7) is 4.92. The van der Waals surface area contributed by atoms with E-state index >= 15 is 0 Å². The number of ether oxygens (including phenoxy) is 1. The van der Waals surface area contributed by atoms with E-state index in [1.165, 1.54) is 36.1 Å². The van der Waals surface area contributed by atoms with Gasteiger partial charge in [-0.25, -0.2) is 17.9 Å². The van der Waals surface area contributed by atoms with E-state index in [0.29, 0.717) is 5.69 Å². The second kappa shape index (κ2) is 8.99. The Bertz CT molecular complexity index is 925. The number of anilines is 1. The molecule has 2 aromatic carbocycles. The lowest BCUT2D eigenvalue weighted by Crippen LogP contribution is -2.37. The molecule has 2 aromatic rings. The van der Waals surface area contributed by atoms with Gasteiger partial charge >= 0.3 is 5.97 Å². The van der Waals surface area contributed by atoms with Gasteiger partial charge in [0.05, 0.1) is 10.5 Å². The van der Waals surface area contributed by atoms with Gasteiger partial charge in [-0.3, -0.25) is 4.79 Å². The molecular formula is C20H24N2O5S. The highest BCUT2D eigenvalue weighted by molar-refractivity contribution is 7.89. The van der Waals surface area contributed by atoms with E-state index in [1.807, 2.05) is 6.07 Å². The summed E-state index contributed by atoms with van der Waals surface area (Å²) in [5.41, 5.74) is 0.841. The molecule has 0 aliphatic heterocycles. The maximum Gasteiger partial charge on any atom is 0.338 e. The van der Waals surface area contributed by atoms with Crippen LogP contribution in [0.15, 0.2) is 59.5 Å². The van der Waals surface area contributed by atoms with Crippen LogP contribution in [0.25, 0.3) is 0 Å². The van der Waals surface area contributed by atoms with Crippen LogP contribution in [0.4, 0.5) is 5.69 Å². The zero-order valence-electron chi connectivity index (χ0n) is 16.2. The minimum Gasteiger partial charge on any atom is -0.449 e. The Kier molecular flexibility index (Phi) is 6.93. The predicted octanol–water partition coefficient (Wildman–Crippen LogP) is 2.58. The lowest BCUT2D eigenvalue weighted by Gasteiger charge is -2.21. The number of benzene rings is 2. The molecule has 1 N–H and O–H groups in total. The lowest BCUT2D eigenvalue weighted by atomic mass is 10.2. The molecule has 1 unspecified atom stereocenters. The number of hydrogen-bond acceptors (Lipinski definition) is 5. The first-order valence-electron chi connectivity index (χ1n) is 8.78. The van der Waals surface area contributed by atoms with Crippen molar-refractivity contribution >= 4 is 27.6 Å². The summed E-state index contributed by atoms with van der Waals surface area (Å²) in [7, 11) is -2.04. The second-order valence-corrected chi connectivity index (χ2v) is 8.29. The van der Waals surface area contributed by atoms with Crippen molar-refractivity contribution in [2.75, 3.05) is 11.9 Å². The number of hydrogen-bond donors (Lipinski definition) is 1. The number of carbonyl (C=O) groups excluding carboxylic acids is 2. The van der Waals surface area contributed by atoms with Crippen LogP contribution in [0.1, 0.15) is 31.1 Å². The van der Waals surface area contributed by atoms with Crippen LogP contribution in [0, 0.1) is 0 Å². The molecule has 0 saturated carbocycles. The zero-order valence-corrected chi connectivity index (χ0v) is 17.1. The average molecular weight is 404 g/mol. The molecule has 0 aliphatic rings. The number of rotatable bonds is 7. The molecule has 28 heavy (non-hydrogen) atoms. The van der Waals surface area contributed by atoms with E-state index in [1.54, 1.807) is 45.2 Å². The minimum absolute atomic E-state index is 0.0469. The van der Waals surface area contributed by atoms with Crippen LogP contribution >= 0.6 is 0 Å². The Balaban J connectivity index is 2.05. The minimum atomic E-state index is -3.64. The Morgan fingerprint density at radius 1 is 0.964 bits per heavy atom. The number of esters is 1. The van der Waals surface area contributed by atoms with Gasteiger partial charge in [0, 0.05) is 18.8 Å². The van der Waals surface area contributed by atoms with Gasteiger partial charge < -0.3 is 9.64 Å². The van der Waals surface area contributed by atoms with Crippen molar-refractivity contribution < 1.29 is 22.7 Å². The zero-order chi connectivity index (χ0) is 20.9. The van der Waals surface area contributed by atoms with Crippen LogP contribution in [0.2, 0.25) is 0 Å². The van der Waals surface area contributed by atoms with Gasteiger partial charge in [0.2, 0.25) is 10.0 Å². The summed E-state index contributed by atoms with van der Waals surface area (Å²) in [6, 6.07) is 14.1. The summed E-state index contributed by atoms with van der Waals surface area (Å²) in [4.78, 5) is 26.2. The first-order chi connectivity index (χ1) is 13.1. The number of para-hydroxylation sites is 1. The normalized spacial score (nSPS) is 12.5. The number of amides is 1. The fourth-order valence-corrected chi connectivity index (χ4v) is 3.73. The van der Waals surface area contributed by atoms with Crippen molar-refractivity contribution in [2.24, 2.45) is 0 Å². The SMILES string of the molecule is CC(C)NS(=O)(=O)c1ccc(C(=O)OC(C)C(=O)N(C)c2ccccc2)cc1. The second-order valence-electron chi connectivity index (χ2n) is 6.58. The molecule has 0 saturated heterocycles. The third-order valence-electron chi connectivity index (χ3n) is 3.90. The van der Waals surface area contributed by atoms with Crippen LogP contribution < -0.4 is 9.62 Å². The van der Waals surface area contributed by atoms with E-state index < -0.39 is 22.1 Å². The summed E-state index contributed by atoms with van der Waals surface area (Å²) < 4.78 is 31.9. The maximum atomic E-state index is 12.5. The average Bonchev–Trinajstić information content (AvgIpc) is 2.66. The molecule has 2 rings (SSSR count). The maximum absolute atomic E-state index is 12.5. The highest BCUT2D eigenvalue weighted by atomic mass is 32.2. The largest absolute Gasteiger partial charge is 0.449 e. The molecule has 8 heteroatoms. The monoisotopic (exact) mass is 404 g/mol. The smallest absolute Gasteiger partial charge is 0.338 e. The van der Waals surface area contributed by atoms with Crippen molar-refractivity contribution in [2.45, 2.75) is 37.8 Å². The third-order valence-corrected chi connectivity index (χ3v) is 5.57. The fourth-order valence-electron chi connectivity index (χ4n) is 2.48. The van der Waals surface area contributed by atoms with Gasteiger partial charge in [0.25, 0.3) is 5.91 Å². The van der Waals surface area contributed by atoms with E-state index in [2.05, 4.69) is 4.72 Å². The van der Waals surface area contributed by atoms with E-state index in [4.69, 9.17) is 4.74 Å². The lowest BCUT2D eigenvalue weighted by molar-refractivity contribution is -0.126. The Morgan fingerprint density at radius 2 is 1.54 bits per heavy atom. The summed E-state index contributed by atoms with van der Waals surface area (Å²) in [5, 5.41) is 0. The first-order valence-corrected chi connectivity index (χ1v) is 10.3.